The van der Waals surface area contributed by atoms with E-state index in [1.54, 1.807) is 18.3 Å². The lowest BCUT2D eigenvalue weighted by Gasteiger charge is -2.11. The number of anilines is 1. The molecule has 1 aliphatic rings. The van der Waals surface area contributed by atoms with Crippen molar-refractivity contribution < 1.29 is 19.1 Å². The van der Waals surface area contributed by atoms with Crippen molar-refractivity contribution in [2.24, 2.45) is 5.73 Å². The molecule has 0 saturated heterocycles. The second-order valence-corrected chi connectivity index (χ2v) is 6.59. The SMILES string of the molecule is NC(=O)c1c(NC(=O)COC(=O)c2ccc[nH]2)sc2c1CCCC2. The lowest BCUT2D eigenvalue weighted by atomic mass is 9.95. The molecule has 0 unspecified atom stereocenters. The van der Waals surface area contributed by atoms with Gasteiger partial charge in [0.2, 0.25) is 0 Å². The molecule has 0 aromatic carbocycles. The number of carbonyl (C=O) groups is 3. The summed E-state index contributed by atoms with van der Waals surface area (Å²) < 4.78 is 4.93. The van der Waals surface area contributed by atoms with Crippen LogP contribution in [0.3, 0.4) is 0 Å². The first-order valence-corrected chi connectivity index (χ1v) is 8.42. The average molecular weight is 347 g/mol. The molecule has 2 aromatic heterocycles. The number of thiophene rings is 1. The van der Waals surface area contributed by atoms with E-state index in [-0.39, 0.29) is 5.69 Å². The fourth-order valence-corrected chi connectivity index (χ4v) is 4.05. The van der Waals surface area contributed by atoms with Crippen molar-refractivity contribution in [2.45, 2.75) is 25.7 Å². The Hall–Kier alpha value is -2.61. The normalized spacial score (nSPS) is 13.2. The Morgan fingerprint density at radius 1 is 1.29 bits per heavy atom. The Kier molecular flexibility index (Phi) is 4.66. The molecule has 0 atom stereocenters. The molecule has 8 heteroatoms. The fraction of sp³-hybridized carbons (Fsp3) is 0.312. The number of primary amides is 1. The van der Waals surface area contributed by atoms with Gasteiger partial charge in [-0.2, -0.15) is 0 Å². The van der Waals surface area contributed by atoms with Crippen molar-refractivity contribution in [1.29, 1.82) is 0 Å². The molecule has 0 bridgehead atoms. The number of hydrogen-bond acceptors (Lipinski definition) is 5. The van der Waals surface area contributed by atoms with Gasteiger partial charge in [-0.25, -0.2) is 4.79 Å². The molecule has 2 aromatic rings. The van der Waals surface area contributed by atoms with Gasteiger partial charge in [-0.1, -0.05) is 0 Å². The molecule has 4 N–H and O–H groups in total. The summed E-state index contributed by atoms with van der Waals surface area (Å²) in [6, 6.07) is 3.21. The molecule has 0 radical (unpaired) electrons. The van der Waals surface area contributed by atoms with Crippen molar-refractivity contribution >= 4 is 34.1 Å². The number of rotatable bonds is 5. The van der Waals surface area contributed by atoms with Crippen LogP contribution in [0.1, 0.15) is 44.1 Å². The van der Waals surface area contributed by atoms with Gasteiger partial charge >= 0.3 is 5.97 Å². The quantitative estimate of drug-likeness (QED) is 0.716. The number of aromatic nitrogens is 1. The summed E-state index contributed by atoms with van der Waals surface area (Å²) in [6.07, 6.45) is 5.34. The summed E-state index contributed by atoms with van der Waals surface area (Å²) in [5.41, 5.74) is 7.07. The predicted molar refractivity (Wildman–Crippen MR) is 89.2 cm³/mol. The highest BCUT2D eigenvalue weighted by Gasteiger charge is 2.25. The van der Waals surface area contributed by atoms with E-state index in [1.807, 2.05) is 0 Å². The summed E-state index contributed by atoms with van der Waals surface area (Å²) in [7, 11) is 0. The van der Waals surface area contributed by atoms with Gasteiger partial charge in [0.25, 0.3) is 11.8 Å². The molecule has 0 saturated carbocycles. The number of nitrogens with one attached hydrogen (secondary N) is 2. The number of esters is 1. The Labute approximate surface area is 142 Å². The lowest BCUT2D eigenvalue weighted by Crippen LogP contribution is -2.23. The van der Waals surface area contributed by atoms with Gasteiger partial charge in [0.15, 0.2) is 6.61 Å². The topological polar surface area (TPSA) is 114 Å². The molecule has 1 aliphatic carbocycles. The van der Waals surface area contributed by atoms with Crippen LogP contribution in [0, 0.1) is 0 Å². The first kappa shape index (κ1) is 16.3. The Morgan fingerprint density at radius 2 is 2.08 bits per heavy atom. The number of amides is 2. The first-order chi connectivity index (χ1) is 11.6. The van der Waals surface area contributed by atoms with E-state index in [2.05, 4.69) is 10.3 Å². The molecule has 24 heavy (non-hydrogen) atoms. The van der Waals surface area contributed by atoms with E-state index < -0.39 is 24.4 Å². The van der Waals surface area contributed by atoms with Gasteiger partial charge in [0, 0.05) is 11.1 Å². The molecule has 2 heterocycles. The fourth-order valence-electron chi connectivity index (χ4n) is 2.74. The number of hydrogen-bond donors (Lipinski definition) is 3. The summed E-state index contributed by atoms with van der Waals surface area (Å²) in [6.45, 7) is -0.432. The van der Waals surface area contributed by atoms with Crippen molar-refractivity contribution in [2.75, 3.05) is 11.9 Å². The Morgan fingerprint density at radius 3 is 2.79 bits per heavy atom. The maximum atomic E-state index is 12.0. The minimum Gasteiger partial charge on any atom is -0.451 e. The van der Waals surface area contributed by atoms with Crippen molar-refractivity contribution in [3.63, 3.8) is 0 Å². The van der Waals surface area contributed by atoms with Crippen LogP contribution in [-0.4, -0.2) is 29.4 Å². The molecule has 2 amide bonds. The minimum absolute atomic E-state index is 0.271. The van der Waals surface area contributed by atoms with Crippen LogP contribution in [0.15, 0.2) is 18.3 Å². The summed E-state index contributed by atoms with van der Waals surface area (Å²) in [5.74, 6) is -1.67. The van der Waals surface area contributed by atoms with Crippen molar-refractivity contribution in [3.8, 4) is 0 Å². The van der Waals surface area contributed by atoms with Gasteiger partial charge in [-0.15, -0.1) is 11.3 Å². The molecule has 0 fully saturated rings. The molecular weight excluding hydrogens is 330 g/mol. The standard InChI is InChI=1S/C16H17N3O4S/c17-14(21)13-9-4-1-2-6-11(9)24-15(13)19-12(20)8-23-16(22)10-5-3-7-18-10/h3,5,7,18H,1-2,4,6,8H2,(H2,17,21)(H,19,20). The molecule has 3 rings (SSSR count). The number of carbonyl (C=O) groups excluding carboxylic acids is 3. The molecule has 7 nitrogen and oxygen atoms in total. The number of aryl methyl sites for hydroxylation is 1. The van der Waals surface area contributed by atoms with E-state index in [9.17, 15) is 14.4 Å². The van der Waals surface area contributed by atoms with Crippen LogP contribution in [0.2, 0.25) is 0 Å². The monoisotopic (exact) mass is 347 g/mol. The first-order valence-electron chi connectivity index (χ1n) is 7.61. The lowest BCUT2D eigenvalue weighted by molar-refractivity contribution is -0.119. The predicted octanol–water partition coefficient (Wildman–Crippen LogP) is 1.85. The van der Waals surface area contributed by atoms with Crippen LogP contribution in [0.25, 0.3) is 0 Å². The van der Waals surface area contributed by atoms with Crippen LogP contribution in [0.4, 0.5) is 5.00 Å². The third kappa shape index (κ3) is 3.33. The largest absolute Gasteiger partial charge is 0.451 e. The van der Waals surface area contributed by atoms with Gasteiger partial charge in [0.1, 0.15) is 10.7 Å². The van der Waals surface area contributed by atoms with Gasteiger partial charge in [-0.3, -0.25) is 9.59 Å². The van der Waals surface area contributed by atoms with E-state index >= 15 is 0 Å². The third-order valence-corrected chi connectivity index (χ3v) is 5.03. The summed E-state index contributed by atoms with van der Waals surface area (Å²) >= 11 is 1.37. The molecule has 126 valence electrons. The van der Waals surface area contributed by atoms with Crippen LogP contribution < -0.4 is 11.1 Å². The molecule has 0 spiro atoms. The summed E-state index contributed by atoms with van der Waals surface area (Å²) in [5, 5.41) is 3.08. The highest BCUT2D eigenvalue weighted by atomic mass is 32.1. The van der Waals surface area contributed by atoms with Gasteiger partial charge < -0.3 is 20.8 Å². The van der Waals surface area contributed by atoms with Crippen molar-refractivity contribution in [1.82, 2.24) is 4.98 Å². The Bertz CT molecular complexity index is 780. The maximum absolute atomic E-state index is 12.0. The minimum atomic E-state index is -0.615. The second-order valence-electron chi connectivity index (χ2n) is 5.49. The van der Waals surface area contributed by atoms with E-state index in [0.717, 1.165) is 36.1 Å². The highest BCUT2D eigenvalue weighted by molar-refractivity contribution is 7.17. The van der Waals surface area contributed by atoms with Crippen LogP contribution in [0.5, 0.6) is 0 Å². The van der Waals surface area contributed by atoms with Gasteiger partial charge in [0.05, 0.1) is 5.56 Å². The zero-order valence-electron chi connectivity index (χ0n) is 12.9. The average Bonchev–Trinajstić information content (AvgIpc) is 3.19. The highest BCUT2D eigenvalue weighted by Crippen LogP contribution is 2.37. The van der Waals surface area contributed by atoms with E-state index in [0.29, 0.717) is 10.6 Å². The van der Waals surface area contributed by atoms with E-state index in [4.69, 9.17) is 10.5 Å². The zero-order chi connectivity index (χ0) is 17.1. The molecule has 0 aliphatic heterocycles. The van der Waals surface area contributed by atoms with Gasteiger partial charge in [-0.05, 0) is 43.4 Å². The van der Waals surface area contributed by atoms with Crippen LogP contribution >= 0.6 is 11.3 Å². The maximum Gasteiger partial charge on any atom is 0.355 e. The van der Waals surface area contributed by atoms with Crippen LogP contribution in [-0.2, 0) is 22.4 Å². The smallest absolute Gasteiger partial charge is 0.355 e. The number of fused-ring (bicyclic) bond motifs is 1. The number of ether oxygens (including phenoxy) is 1. The third-order valence-electron chi connectivity index (χ3n) is 3.82. The molecular formula is C16H17N3O4S. The summed E-state index contributed by atoms with van der Waals surface area (Å²) in [4.78, 5) is 39.3. The van der Waals surface area contributed by atoms with Crippen molar-refractivity contribution in [3.05, 3.63) is 40.0 Å². The number of nitrogens with two attached hydrogens (primary N) is 1. The Balaban J connectivity index is 1.67. The second kappa shape index (κ2) is 6.88. The van der Waals surface area contributed by atoms with E-state index in [1.165, 1.54) is 11.3 Å². The number of aromatic amines is 1. The zero-order valence-corrected chi connectivity index (χ0v) is 13.7. The number of H-pyrrole nitrogens is 1.